The van der Waals surface area contributed by atoms with Gasteiger partial charge in [0.2, 0.25) is 5.91 Å². The first-order valence-electron chi connectivity index (χ1n) is 9.38. The topological polar surface area (TPSA) is 111 Å². The zero-order valence-corrected chi connectivity index (χ0v) is 17.5. The molecule has 2 aliphatic heterocycles. The van der Waals surface area contributed by atoms with Crippen molar-refractivity contribution >= 4 is 29.3 Å². The number of rotatable bonds is 6. The zero-order valence-electron chi connectivity index (χ0n) is 16.0. The Labute approximate surface area is 169 Å². The molecule has 27 heavy (non-hydrogen) atoms. The smallest absolute Gasteiger partial charge is 0.237 e. The van der Waals surface area contributed by atoms with Gasteiger partial charge < -0.3 is 30.7 Å². The Morgan fingerprint density at radius 1 is 1.41 bits per heavy atom. The van der Waals surface area contributed by atoms with Crippen molar-refractivity contribution in [1.29, 1.82) is 0 Å². The summed E-state index contributed by atoms with van der Waals surface area (Å²) >= 11 is 7.51. The Morgan fingerprint density at radius 2 is 2.11 bits per heavy atom. The minimum Gasteiger partial charge on any atom is -0.388 e. The van der Waals surface area contributed by atoms with E-state index in [2.05, 4.69) is 23.6 Å². The molecule has 0 aromatic carbocycles. The maximum atomic E-state index is 12.8. The lowest BCUT2D eigenvalue weighted by atomic mass is 9.93. The number of amides is 1. The standard InChI is InChI=1S/C18H31ClN2O5S/c1-4-10-5-6-11(20-8-7-10)17(25)21-12(9(2)19)16-14(23)13(22)15(24)18(26-16)27-3/h5,9,11-16,18,20,22-24H,4,6-8H2,1-3H3,(H,21,25)/t9-,11-,12+,13?,14?,15+,16+,18?/m0/s1. The van der Waals surface area contributed by atoms with Crippen molar-refractivity contribution in [3.05, 3.63) is 11.6 Å². The van der Waals surface area contributed by atoms with Crippen LogP contribution in [0.25, 0.3) is 0 Å². The van der Waals surface area contributed by atoms with Gasteiger partial charge in [-0.25, -0.2) is 0 Å². The van der Waals surface area contributed by atoms with Gasteiger partial charge in [0.25, 0.3) is 0 Å². The molecule has 0 aromatic rings. The Hall–Kier alpha value is -0.350. The van der Waals surface area contributed by atoms with Crippen LogP contribution in [0, 0.1) is 0 Å². The molecule has 2 heterocycles. The predicted molar refractivity (Wildman–Crippen MR) is 107 cm³/mol. The highest BCUT2D eigenvalue weighted by molar-refractivity contribution is 7.99. The number of carbonyl (C=O) groups excluding carboxylic acids is 1. The normalized spacial score (nSPS) is 37.1. The van der Waals surface area contributed by atoms with Crippen LogP contribution in [-0.4, -0.2) is 81.3 Å². The molecule has 8 atom stereocenters. The summed E-state index contributed by atoms with van der Waals surface area (Å²) in [4.78, 5) is 12.8. The fourth-order valence-electron chi connectivity index (χ4n) is 3.49. The van der Waals surface area contributed by atoms with Crippen LogP contribution in [0.3, 0.4) is 0 Å². The molecule has 2 aliphatic rings. The zero-order chi connectivity index (χ0) is 20.1. The fourth-order valence-corrected chi connectivity index (χ4v) is 4.37. The van der Waals surface area contributed by atoms with E-state index in [-0.39, 0.29) is 11.9 Å². The molecule has 0 aromatic heterocycles. The third kappa shape index (κ3) is 5.59. The van der Waals surface area contributed by atoms with Gasteiger partial charge in [0, 0.05) is 0 Å². The van der Waals surface area contributed by atoms with Gasteiger partial charge in [0.1, 0.15) is 29.9 Å². The number of thioether (sulfide) groups is 1. The van der Waals surface area contributed by atoms with Crippen LogP contribution in [0.15, 0.2) is 11.6 Å². The van der Waals surface area contributed by atoms with E-state index >= 15 is 0 Å². The van der Waals surface area contributed by atoms with Crippen molar-refractivity contribution in [3.8, 4) is 0 Å². The van der Waals surface area contributed by atoms with Crippen LogP contribution < -0.4 is 10.6 Å². The van der Waals surface area contributed by atoms with Gasteiger partial charge in [-0.05, 0) is 39.0 Å². The summed E-state index contributed by atoms with van der Waals surface area (Å²) in [5.41, 5.74) is 0.611. The van der Waals surface area contributed by atoms with E-state index in [0.717, 1.165) is 19.4 Å². The van der Waals surface area contributed by atoms with Gasteiger partial charge in [-0.3, -0.25) is 4.79 Å². The Morgan fingerprint density at radius 3 is 2.70 bits per heavy atom. The maximum absolute atomic E-state index is 12.8. The average molecular weight is 423 g/mol. The fraction of sp³-hybridized carbons (Fsp3) is 0.833. The van der Waals surface area contributed by atoms with Crippen molar-refractivity contribution in [2.24, 2.45) is 0 Å². The van der Waals surface area contributed by atoms with E-state index in [4.69, 9.17) is 16.3 Å². The maximum Gasteiger partial charge on any atom is 0.237 e. The third-order valence-corrected chi connectivity index (χ3v) is 6.37. The van der Waals surface area contributed by atoms with Gasteiger partial charge in [0.15, 0.2) is 0 Å². The third-order valence-electron chi connectivity index (χ3n) is 5.25. The summed E-state index contributed by atoms with van der Waals surface area (Å²) in [7, 11) is 0. The van der Waals surface area contributed by atoms with E-state index in [0.29, 0.717) is 6.42 Å². The van der Waals surface area contributed by atoms with E-state index in [9.17, 15) is 20.1 Å². The molecule has 7 nitrogen and oxygen atoms in total. The van der Waals surface area contributed by atoms with E-state index < -0.39 is 41.3 Å². The van der Waals surface area contributed by atoms with Crippen LogP contribution in [-0.2, 0) is 9.53 Å². The van der Waals surface area contributed by atoms with Gasteiger partial charge in [-0.2, -0.15) is 0 Å². The van der Waals surface area contributed by atoms with Crippen LogP contribution >= 0.6 is 23.4 Å². The highest BCUT2D eigenvalue weighted by atomic mass is 35.5. The molecule has 156 valence electrons. The van der Waals surface area contributed by atoms with E-state index in [1.807, 2.05) is 0 Å². The number of alkyl halides is 1. The minimum atomic E-state index is -1.37. The number of carbonyl (C=O) groups is 1. The number of aliphatic hydroxyl groups is 3. The summed E-state index contributed by atoms with van der Waals surface area (Å²) in [5.74, 6) is -0.224. The van der Waals surface area contributed by atoms with Gasteiger partial charge >= 0.3 is 0 Å². The molecule has 0 aliphatic carbocycles. The quantitative estimate of drug-likeness (QED) is 0.310. The first-order chi connectivity index (χ1) is 12.8. The first kappa shape index (κ1) is 22.9. The molecule has 0 radical (unpaired) electrons. The SMILES string of the molecule is CCC1=CC[C@@H](C(=O)N[C@H]([C@H](C)Cl)[C@H]2OC(SC)[C@H](O)C(O)C2O)NCC1. The molecule has 9 heteroatoms. The second kappa shape index (κ2) is 10.4. The highest BCUT2D eigenvalue weighted by Crippen LogP contribution is 2.30. The van der Waals surface area contributed by atoms with E-state index in [1.54, 1.807) is 13.2 Å². The van der Waals surface area contributed by atoms with Gasteiger partial charge in [-0.1, -0.05) is 18.6 Å². The number of aliphatic hydroxyl groups excluding tert-OH is 3. The lowest BCUT2D eigenvalue weighted by Crippen LogP contribution is -2.65. The lowest BCUT2D eigenvalue weighted by molar-refractivity contribution is -0.205. The largest absolute Gasteiger partial charge is 0.388 e. The van der Waals surface area contributed by atoms with Crippen LogP contribution in [0.4, 0.5) is 0 Å². The molecule has 1 fully saturated rings. The molecule has 2 rings (SSSR count). The first-order valence-corrected chi connectivity index (χ1v) is 11.1. The van der Waals surface area contributed by atoms with Crippen LogP contribution in [0.1, 0.15) is 33.1 Å². The molecular formula is C18H31ClN2O5S. The summed E-state index contributed by atoms with van der Waals surface area (Å²) in [6.45, 7) is 4.52. The number of hydrogen-bond donors (Lipinski definition) is 5. The summed E-state index contributed by atoms with van der Waals surface area (Å²) < 4.78 is 5.77. The number of halogens is 1. The van der Waals surface area contributed by atoms with Gasteiger partial charge in [-0.15, -0.1) is 23.4 Å². The molecule has 1 amide bonds. The molecule has 0 spiro atoms. The second-order valence-corrected chi connectivity index (χ2v) is 8.72. The molecule has 3 unspecified atom stereocenters. The molecule has 0 saturated carbocycles. The number of ether oxygens (including phenoxy) is 1. The summed E-state index contributed by atoms with van der Waals surface area (Å²) in [6, 6.07) is -1.11. The monoisotopic (exact) mass is 422 g/mol. The van der Waals surface area contributed by atoms with Crippen molar-refractivity contribution < 1.29 is 24.9 Å². The van der Waals surface area contributed by atoms with Crippen molar-refractivity contribution in [3.63, 3.8) is 0 Å². The molecule has 5 N–H and O–H groups in total. The average Bonchev–Trinajstić information content (AvgIpc) is 2.90. The van der Waals surface area contributed by atoms with Gasteiger partial charge in [0.05, 0.1) is 17.5 Å². The predicted octanol–water partition coefficient (Wildman–Crippen LogP) is 0.357. The molecule has 1 saturated heterocycles. The van der Waals surface area contributed by atoms with E-state index in [1.165, 1.54) is 17.3 Å². The molecule has 0 bridgehead atoms. The van der Waals surface area contributed by atoms with Crippen LogP contribution in [0.2, 0.25) is 0 Å². The number of nitrogens with one attached hydrogen (secondary N) is 2. The molecular weight excluding hydrogens is 392 g/mol. The van der Waals surface area contributed by atoms with Crippen molar-refractivity contribution in [2.75, 3.05) is 12.8 Å². The summed E-state index contributed by atoms with van der Waals surface area (Å²) in [6.07, 6.45) is 1.43. The highest BCUT2D eigenvalue weighted by Gasteiger charge is 2.48. The minimum absolute atomic E-state index is 0.224. The Bertz CT molecular complexity index is 534. The lowest BCUT2D eigenvalue weighted by Gasteiger charge is -2.44. The Kier molecular flexibility index (Phi) is 8.86. The second-order valence-electron chi connectivity index (χ2n) is 7.10. The number of hydrogen-bond acceptors (Lipinski definition) is 7. The Balaban J connectivity index is 2.10. The van der Waals surface area contributed by atoms with Crippen LogP contribution in [0.5, 0.6) is 0 Å². The summed E-state index contributed by atoms with van der Waals surface area (Å²) in [5, 5.41) is 36.1. The van der Waals surface area contributed by atoms with Crippen molar-refractivity contribution in [1.82, 2.24) is 10.6 Å². The van der Waals surface area contributed by atoms with Crippen molar-refractivity contribution in [2.45, 2.75) is 80.4 Å².